The number of amides is 1. The molecule has 1 aromatic heterocycles. The van der Waals surface area contributed by atoms with Crippen molar-refractivity contribution in [3.05, 3.63) is 40.8 Å². The average molecular weight is 437 g/mol. The molecule has 0 unspecified atom stereocenters. The molecule has 1 aliphatic carbocycles. The lowest BCUT2D eigenvalue weighted by atomic mass is 9.68. The van der Waals surface area contributed by atoms with Crippen molar-refractivity contribution >= 4 is 5.91 Å². The van der Waals surface area contributed by atoms with E-state index < -0.39 is 0 Å². The Labute approximate surface area is 193 Å². The van der Waals surface area contributed by atoms with Gasteiger partial charge in [-0.2, -0.15) is 5.10 Å². The van der Waals surface area contributed by atoms with Gasteiger partial charge >= 0.3 is 0 Å². The molecule has 0 N–H and O–H groups in total. The SMILES string of the molecule is C=C(C)Cc1c(C)nn(CCC(=O)N2CCCC3=C[C@H]4C[C@@H](CN5CCCC[C@@H]45)[C@@H]32)c1C. The first-order chi connectivity index (χ1) is 15.4. The fraction of sp³-hybridized carbons (Fsp3) is 0.704. The second-order valence-electron chi connectivity index (χ2n) is 10.9. The van der Waals surface area contributed by atoms with Crippen molar-refractivity contribution in [3.63, 3.8) is 0 Å². The number of carbonyl (C=O) groups excluding carboxylic acids is 1. The highest BCUT2D eigenvalue weighted by atomic mass is 16.2. The van der Waals surface area contributed by atoms with E-state index in [1.165, 1.54) is 56.5 Å². The van der Waals surface area contributed by atoms with Crippen molar-refractivity contribution in [1.82, 2.24) is 19.6 Å². The van der Waals surface area contributed by atoms with Gasteiger partial charge in [0.2, 0.25) is 5.91 Å². The fourth-order valence-electron chi connectivity index (χ4n) is 7.11. The maximum atomic E-state index is 13.5. The molecule has 1 amide bonds. The third kappa shape index (κ3) is 3.98. The largest absolute Gasteiger partial charge is 0.336 e. The molecule has 1 aromatic rings. The van der Waals surface area contributed by atoms with Gasteiger partial charge in [-0.05, 0) is 83.2 Å². The number of aryl methyl sites for hydroxylation is 2. The lowest BCUT2D eigenvalue weighted by Gasteiger charge is -2.54. The minimum atomic E-state index is 0.314. The predicted octanol–water partition coefficient (Wildman–Crippen LogP) is 4.43. The Bertz CT molecular complexity index is 928. The summed E-state index contributed by atoms with van der Waals surface area (Å²) in [6.45, 7) is 14.4. The quantitative estimate of drug-likeness (QED) is 0.641. The summed E-state index contributed by atoms with van der Waals surface area (Å²) < 4.78 is 2.04. The predicted molar refractivity (Wildman–Crippen MR) is 128 cm³/mol. The van der Waals surface area contributed by atoms with Gasteiger partial charge in [0, 0.05) is 37.8 Å². The van der Waals surface area contributed by atoms with Crippen molar-refractivity contribution in [1.29, 1.82) is 0 Å². The van der Waals surface area contributed by atoms with Crippen LogP contribution in [-0.4, -0.2) is 57.2 Å². The van der Waals surface area contributed by atoms with Gasteiger partial charge in [-0.15, -0.1) is 0 Å². The number of carbonyl (C=O) groups is 1. The number of aromatic nitrogens is 2. The van der Waals surface area contributed by atoms with Crippen LogP contribution >= 0.6 is 0 Å². The molecule has 2 bridgehead atoms. The van der Waals surface area contributed by atoms with Crippen LogP contribution in [0.5, 0.6) is 0 Å². The zero-order valence-corrected chi connectivity index (χ0v) is 20.3. The molecule has 5 rings (SSSR count). The number of piperidine rings is 3. The first-order valence-electron chi connectivity index (χ1n) is 12.8. The Morgan fingerprint density at radius 3 is 2.88 bits per heavy atom. The Balaban J connectivity index is 1.30. The lowest BCUT2D eigenvalue weighted by molar-refractivity contribution is -0.136. The fourth-order valence-corrected chi connectivity index (χ4v) is 7.11. The lowest BCUT2D eigenvalue weighted by Crippen LogP contribution is -2.60. The molecular weight excluding hydrogens is 396 g/mol. The number of fused-ring (bicyclic) bond motifs is 6. The molecule has 3 saturated heterocycles. The van der Waals surface area contributed by atoms with Crippen LogP contribution in [0.1, 0.15) is 68.8 Å². The molecule has 3 aliphatic heterocycles. The van der Waals surface area contributed by atoms with E-state index in [-0.39, 0.29) is 0 Å². The summed E-state index contributed by atoms with van der Waals surface area (Å²) in [5, 5.41) is 4.74. The van der Waals surface area contributed by atoms with Gasteiger partial charge in [0.1, 0.15) is 0 Å². The molecule has 5 heteroatoms. The van der Waals surface area contributed by atoms with Crippen LogP contribution in [0.25, 0.3) is 0 Å². The van der Waals surface area contributed by atoms with E-state index in [1.54, 1.807) is 5.57 Å². The topological polar surface area (TPSA) is 41.4 Å². The van der Waals surface area contributed by atoms with Gasteiger partial charge in [-0.1, -0.05) is 30.2 Å². The number of nitrogens with zero attached hydrogens (tertiary/aromatic N) is 4. The summed E-state index contributed by atoms with van der Waals surface area (Å²) in [6, 6.07) is 1.11. The van der Waals surface area contributed by atoms with Gasteiger partial charge in [0.25, 0.3) is 0 Å². The zero-order chi connectivity index (χ0) is 22.4. The van der Waals surface area contributed by atoms with Crippen LogP contribution in [0, 0.1) is 25.7 Å². The van der Waals surface area contributed by atoms with Gasteiger partial charge < -0.3 is 4.90 Å². The molecule has 32 heavy (non-hydrogen) atoms. The zero-order valence-electron chi connectivity index (χ0n) is 20.3. The number of rotatable bonds is 5. The summed E-state index contributed by atoms with van der Waals surface area (Å²) in [4.78, 5) is 18.5. The first kappa shape index (κ1) is 21.9. The van der Waals surface area contributed by atoms with Gasteiger partial charge in [0.05, 0.1) is 11.7 Å². The van der Waals surface area contributed by atoms with E-state index in [4.69, 9.17) is 5.10 Å². The highest BCUT2D eigenvalue weighted by Gasteiger charge is 2.46. The molecule has 174 valence electrons. The van der Waals surface area contributed by atoms with Crippen molar-refractivity contribution in [3.8, 4) is 0 Å². The molecule has 0 aromatic carbocycles. The molecular formula is C27H40N4O. The third-order valence-electron chi connectivity index (χ3n) is 8.52. The van der Waals surface area contributed by atoms with Crippen LogP contribution in [0.15, 0.2) is 23.8 Å². The third-order valence-corrected chi connectivity index (χ3v) is 8.52. The summed E-state index contributed by atoms with van der Waals surface area (Å²) in [6.07, 6.45) is 11.7. The van der Waals surface area contributed by atoms with Gasteiger partial charge in [-0.3, -0.25) is 14.4 Å². The van der Waals surface area contributed by atoms with Crippen LogP contribution in [0.2, 0.25) is 0 Å². The molecule has 0 radical (unpaired) electrons. The van der Waals surface area contributed by atoms with E-state index >= 15 is 0 Å². The van der Waals surface area contributed by atoms with Crippen LogP contribution in [0.3, 0.4) is 0 Å². The maximum absolute atomic E-state index is 13.5. The number of hydrogen-bond donors (Lipinski definition) is 0. The Hall–Kier alpha value is -1.88. The second-order valence-corrected chi connectivity index (χ2v) is 10.9. The smallest absolute Gasteiger partial charge is 0.224 e. The van der Waals surface area contributed by atoms with Crippen molar-refractivity contribution in [2.45, 2.75) is 90.8 Å². The number of allylic oxidation sites excluding steroid dienone is 1. The summed E-state index contributed by atoms with van der Waals surface area (Å²) >= 11 is 0. The molecule has 4 heterocycles. The monoisotopic (exact) mass is 436 g/mol. The highest BCUT2D eigenvalue weighted by Crippen LogP contribution is 2.45. The Morgan fingerprint density at radius 1 is 1.22 bits per heavy atom. The van der Waals surface area contributed by atoms with E-state index in [0.29, 0.717) is 30.8 Å². The summed E-state index contributed by atoms with van der Waals surface area (Å²) in [5.74, 6) is 1.65. The minimum absolute atomic E-state index is 0.314. The molecule has 0 spiro atoms. The normalized spacial score (nSPS) is 29.8. The molecule has 0 saturated carbocycles. The molecule has 4 aliphatic rings. The highest BCUT2D eigenvalue weighted by molar-refractivity contribution is 5.77. The van der Waals surface area contributed by atoms with Crippen LogP contribution in [0.4, 0.5) is 0 Å². The van der Waals surface area contributed by atoms with E-state index in [9.17, 15) is 4.79 Å². The maximum Gasteiger partial charge on any atom is 0.224 e. The molecule has 4 atom stereocenters. The minimum Gasteiger partial charge on any atom is -0.336 e. The standard InChI is InChI=1S/C27H40N4O/c1-18(2)14-24-19(3)28-31(20(24)4)13-10-26(32)30-12-7-8-21-15-22-16-23(27(21)30)17-29-11-6-5-9-25(22)29/h15,22-23,25,27H,1,5-14,16-17H2,2-4H3/t22-,23-,25-,27+/m0/s1. The summed E-state index contributed by atoms with van der Waals surface area (Å²) in [5.41, 5.74) is 6.24. The molecule has 5 nitrogen and oxygen atoms in total. The first-order valence-corrected chi connectivity index (χ1v) is 12.8. The molecule has 3 fully saturated rings. The Kier molecular flexibility index (Phi) is 6.04. The van der Waals surface area contributed by atoms with Crippen molar-refractivity contribution in [2.75, 3.05) is 19.6 Å². The van der Waals surface area contributed by atoms with Crippen molar-refractivity contribution in [2.24, 2.45) is 11.8 Å². The van der Waals surface area contributed by atoms with E-state index in [2.05, 4.69) is 43.2 Å². The van der Waals surface area contributed by atoms with Gasteiger partial charge in [0.15, 0.2) is 0 Å². The van der Waals surface area contributed by atoms with E-state index in [1.807, 2.05) is 4.68 Å². The second kappa shape index (κ2) is 8.81. The Morgan fingerprint density at radius 2 is 2.06 bits per heavy atom. The van der Waals surface area contributed by atoms with E-state index in [0.717, 1.165) is 42.6 Å². The number of hydrogen-bond acceptors (Lipinski definition) is 3. The number of likely N-dealkylation sites (tertiary alicyclic amines) is 1. The van der Waals surface area contributed by atoms with Crippen LogP contribution in [-0.2, 0) is 17.8 Å². The van der Waals surface area contributed by atoms with Crippen molar-refractivity contribution < 1.29 is 4.79 Å². The summed E-state index contributed by atoms with van der Waals surface area (Å²) in [7, 11) is 0. The van der Waals surface area contributed by atoms with Crippen LogP contribution < -0.4 is 0 Å². The van der Waals surface area contributed by atoms with Gasteiger partial charge in [-0.25, -0.2) is 0 Å². The average Bonchev–Trinajstić information content (AvgIpc) is 3.04.